The SMILES string of the molecule is CC(Sc1nc(CC(=O)Nc2ncc(C(O)(C(F)(F)F)C(F)(F)F)s2)cs1)C(N)=O. The molecule has 2 amide bonds. The number of carbonyl (C=O) groups is 2. The lowest BCUT2D eigenvalue weighted by Crippen LogP contribution is -2.53. The Labute approximate surface area is 176 Å². The quantitative estimate of drug-likeness (QED) is 0.402. The van der Waals surface area contributed by atoms with E-state index in [9.17, 15) is 41.0 Å². The number of alkyl halides is 6. The van der Waals surface area contributed by atoms with E-state index < -0.39 is 45.0 Å². The zero-order valence-corrected chi connectivity index (χ0v) is 17.1. The van der Waals surface area contributed by atoms with Crippen LogP contribution in [0.25, 0.3) is 0 Å². The highest BCUT2D eigenvalue weighted by molar-refractivity contribution is 8.02. The number of rotatable bonds is 7. The fourth-order valence-corrected chi connectivity index (χ4v) is 4.79. The second kappa shape index (κ2) is 8.68. The van der Waals surface area contributed by atoms with Gasteiger partial charge in [-0.3, -0.25) is 9.59 Å². The number of halogens is 6. The van der Waals surface area contributed by atoms with Gasteiger partial charge in [0.2, 0.25) is 11.8 Å². The van der Waals surface area contributed by atoms with Crippen LogP contribution >= 0.6 is 34.4 Å². The molecular weight excluding hydrogens is 482 g/mol. The predicted molar refractivity (Wildman–Crippen MR) is 97.1 cm³/mol. The molecule has 7 nitrogen and oxygen atoms in total. The predicted octanol–water partition coefficient (Wildman–Crippen LogP) is 3.06. The maximum atomic E-state index is 12.9. The monoisotopic (exact) mass is 494 g/mol. The van der Waals surface area contributed by atoms with Crippen molar-refractivity contribution in [1.82, 2.24) is 9.97 Å². The van der Waals surface area contributed by atoms with Crippen molar-refractivity contribution in [3.05, 3.63) is 22.1 Å². The van der Waals surface area contributed by atoms with Crippen molar-refractivity contribution in [3.63, 3.8) is 0 Å². The second-order valence-corrected chi connectivity index (χ2v) is 9.20. The topological polar surface area (TPSA) is 118 Å². The van der Waals surface area contributed by atoms with Crippen molar-refractivity contribution in [2.45, 2.75) is 40.9 Å². The van der Waals surface area contributed by atoms with E-state index in [0.717, 1.165) is 23.1 Å². The summed E-state index contributed by atoms with van der Waals surface area (Å²) in [6, 6.07) is 0. The van der Waals surface area contributed by atoms with Crippen LogP contribution in [0.5, 0.6) is 0 Å². The van der Waals surface area contributed by atoms with Crippen molar-refractivity contribution < 1.29 is 41.0 Å². The average Bonchev–Trinajstić information content (AvgIpc) is 3.21. The molecule has 0 aliphatic carbocycles. The van der Waals surface area contributed by atoms with Gasteiger partial charge in [-0.25, -0.2) is 9.97 Å². The maximum absolute atomic E-state index is 12.9. The summed E-state index contributed by atoms with van der Waals surface area (Å²) in [6.45, 7) is 1.56. The van der Waals surface area contributed by atoms with Crippen LogP contribution in [0.2, 0.25) is 0 Å². The Balaban J connectivity index is 2.09. The van der Waals surface area contributed by atoms with Gasteiger partial charge in [0.15, 0.2) is 9.47 Å². The number of nitrogens with zero attached hydrogens (tertiary/aromatic N) is 2. The summed E-state index contributed by atoms with van der Waals surface area (Å²) in [7, 11) is 0. The van der Waals surface area contributed by atoms with E-state index in [4.69, 9.17) is 5.73 Å². The number of aliphatic hydroxyl groups is 1. The Hall–Kier alpha value is -1.91. The first-order valence-corrected chi connectivity index (χ1v) is 10.2. The van der Waals surface area contributed by atoms with Gasteiger partial charge in [-0.2, -0.15) is 26.3 Å². The lowest BCUT2D eigenvalue weighted by Gasteiger charge is -2.30. The fourth-order valence-electron chi connectivity index (χ4n) is 1.90. The largest absolute Gasteiger partial charge is 0.431 e. The van der Waals surface area contributed by atoms with Crippen LogP contribution in [0.3, 0.4) is 0 Å². The number of aromatic nitrogens is 2. The minimum atomic E-state index is -6.05. The Morgan fingerprint density at radius 1 is 1.27 bits per heavy atom. The van der Waals surface area contributed by atoms with E-state index in [1.807, 2.05) is 0 Å². The van der Waals surface area contributed by atoms with Gasteiger partial charge in [0.1, 0.15) is 0 Å². The van der Waals surface area contributed by atoms with E-state index in [1.165, 1.54) is 5.38 Å². The van der Waals surface area contributed by atoms with Gasteiger partial charge in [-0.15, -0.1) is 11.3 Å². The number of amides is 2. The lowest BCUT2D eigenvalue weighted by atomic mass is 10.0. The Morgan fingerprint density at radius 2 is 1.87 bits per heavy atom. The molecule has 2 aromatic heterocycles. The summed E-state index contributed by atoms with van der Waals surface area (Å²) in [5.74, 6) is -1.37. The standard InChI is InChI=1S/C14H12F6N4O3S3/c1-5(9(21)26)29-11-23-6(4-28-11)2-8(25)24-10-22-3-7(30-10)12(27,13(15,16)17)14(18,19)20/h3-5,27H,2H2,1H3,(H2,21,26)(H,22,24,25). The van der Waals surface area contributed by atoms with Crippen LogP contribution in [-0.4, -0.2) is 44.5 Å². The molecule has 0 bridgehead atoms. The Morgan fingerprint density at radius 3 is 2.40 bits per heavy atom. The van der Waals surface area contributed by atoms with Crippen LogP contribution in [0.15, 0.2) is 15.9 Å². The first-order chi connectivity index (χ1) is 13.6. The van der Waals surface area contributed by atoms with Gasteiger partial charge in [0.25, 0.3) is 5.60 Å². The van der Waals surface area contributed by atoms with Crippen molar-refractivity contribution >= 4 is 51.4 Å². The first-order valence-electron chi connectivity index (χ1n) is 7.67. The molecule has 0 aliphatic heterocycles. The molecule has 0 aromatic carbocycles. The van der Waals surface area contributed by atoms with Crippen LogP contribution < -0.4 is 11.1 Å². The van der Waals surface area contributed by atoms with E-state index in [-0.39, 0.29) is 29.6 Å². The molecule has 0 fully saturated rings. The van der Waals surface area contributed by atoms with Crippen LogP contribution in [0.4, 0.5) is 31.5 Å². The number of nitrogens with two attached hydrogens (primary N) is 1. The van der Waals surface area contributed by atoms with Crippen molar-refractivity contribution in [2.24, 2.45) is 5.73 Å². The smallest absolute Gasteiger partial charge is 0.369 e. The maximum Gasteiger partial charge on any atom is 0.431 e. The Kier molecular flexibility index (Phi) is 7.05. The number of hydrogen-bond acceptors (Lipinski definition) is 8. The number of carbonyl (C=O) groups excluding carboxylic acids is 2. The van der Waals surface area contributed by atoms with Crippen LogP contribution in [0, 0.1) is 0 Å². The van der Waals surface area contributed by atoms with Crippen molar-refractivity contribution in [3.8, 4) is 0 Å². The molecule has 4 N–H and O–H groups in total. The molecule has 166 valence electrons. The second-order valence-electron chi connectivity index (χ2n) is 5.73. The zero-order valence-electron chi connectivity index (χ0n) is 14.7. The highest BCUT2D eigenvalue weighted by Gasteiger charge is 2.72. The number of nitrogens with one attached hydrogen (secondary N) is 1. The molecular formula is C14H12F6N4O3S3. The summed E-state index contributed by atoms with van der Waals surface area (Å²) >= 11 is 2.03. The summed E-state index contributed by atoms with van der Waals surface area (Å²) in [5.41, 5.74) is 0.280. The molecule has 16 heteroatoms. The molecule has 2 aromatic rings. The summed E-state index contributed by atoms with van der Waals surface area (Å²) in [6.07, 6.45) is -12.2. The lowest BCUT2D eigenvalue weighted by molar-refractivity contribution is -0.375. The number of primary amides is 1. The van der Waals surface area contributed by atoms with E-state index in [1.54, 1.807) is 6.92 Å². The third kappa shape index (κ3) is 5.22. The first kappa shape index (κ1) is 24.4. The number of anilines is 1. The van der Waals surface area contributed by atoms with Crippen molar-refractivity contribution in [1.29, 1.82) is 0 Å². The minimum absolute atomic E-state index is 0.157. The molecule has 0 radical (unpaired) electrons. The molecule has 0 saturated heterocycles. The summed E-state index contributed by atoms with van der Waals surface area (Å²) in [5, 5.41) is 11.7. The molecule has 30 heavy (non-hydrogen) atoms. The van der Waals surface area contributed by atoms with Gasteiger partial charge in [-0.05, 0) is 6.92 Å². The normalized spacial score (nSPS) is 13.9. The van der Waals surface area contributed by atoms with Crippen molar-refractivity contribution in [2.75, 3.05) is 5.32 Å². The van der Waals surface area contributed by atoms with Gasteiger partial charge in [0, 0.05) is 11.6 Å². The summed E-state index contributed by atoms with van der Waals surface area (Å²) in [4.78, 5) is 28.9. The third-order valence-electron chi connectivity index (χ3n) is 3.48. The Bertz CT molecular complexity index is 913. The van der Waals surface area contributed by atoms with Gasteiger partial charge in [0.05, 0.1) is 22.2 Å². The van der Waals surface area contributed by atoms with Gasteiger partial charge in [-0.1, -0.05) is 23.1 Å². The number of thiazole rings is 2. The highest BCUT2D eigenvalue weighted by Crippen LogP contribution is 2.51. The molecule has 0 saturated carbocycles. The molecule has 0 spiro atoms. The van der Waals surface area contributed by atoms with E-state index >= 15 is 0 Å². The molecule has 0 aliphatic rings. The van der Waals surface area contributed by atoms with Gasteiger partial charge >= 0.3 is 12.4 Å². The van der Waals surface area contributed by atoms with E-state index in [2.05, 4.69) is 15.3 Å². The number of hydrogen-bond donors (Lipinski definition) is 3. The van der Waals surface area contributed by atoms with Gasteiger partial charge < -0.3 is 16.2 Å². The zero-order chi connectivity index (χ0) is 22.9. The number of thioether (sulfide) groups is 1. The molecule has 1 unspecified atom stereocenters. The highest BCUT2D eigenvalue weighted by atomic mass is 32.2. The van der Waals surface area contributed by atoms with E-state index in [0.29, 0.717) is 4.34 Å². The third-order valence-corrected chi connectivity index (χ3v) is 6.64. The molecule has 1 atom stereocenters. The average molecular weight is 494 g/mol. The summed E-state index contributed by atoms with van der Waals surface area (Å²) < 4.78 is 77.7. The minimum Gasteiger partial charge on any atom is -0.369 e. The molecule has 2 heterocycles. The fraction of sp³-hybridized carbons (Fsp3) is 0.429. The van der Waals surface area contributed by atoms with Crippen LogP contribution in [0.1, 0.15) is 17.5 Å². The van der Waals surface area contributed by atoms with Crippen LogP contribution in [-0.2, 0) is 21.6 Å². The molecule has 2 rings (SSSR count).